The van der Waals surface area contributed by atoms with Crippen LogP contribution in [-0.4, -0.2) is 48.9 Å². The minimum atomic E-state index is -3.47. The summed E-state index contributed by atoms with van der Waals surface area (Å²) >= 11 is 6.94. The van der Waals surface area contributed by atoms with Gasteiger partial charge in [0.2, 0.25) is 0 Å². The Hall–Kier alpha value is -0.210. The highest BCUT2D eigenvalue weighted by molar-refractivity contribution is 7.91. The van der Waals surface area contributed by atoms with Crippen LogP contribution in [0.4, 0.5) is 0 Å². The van der Waals surface area contributed by atoms with Crippen LogP contribution in [0.15, 0.2) is 10.4 Å². The summed E-state index contributed by atoms with van der Waals surface area (Å²) in [5.41, 5.74) is 0. The zero-order valence-electron chi connectivity index (χ0n) is 10.2. The van der Waals surface area contributed by atoms with Gasteiger partial charge in [-0.3, -0.25) is 0 Å². The summed E-state index contributed by atoms with van der Waals surface area (Å²) in [6.07, 6.45) is 1.01. The van der Waals surface area contributed by atoms with E-state index in [2.05, 4.69) is 4.98 Å². The van der Waals surface area contributed by atoms with Crippen molar-refractivity contribution in [1.29, 1.82) is 0 Å². The lowest BCUT2D eigenvalue weighted by Crippen LogP contribution is -2.49. The van der Waals surface area contributed by atoms with Gasteiger partial charge in [-0.1, -0.05) is 0 Å². The molecule has 5 nitrogen and oxygen atoms in total. The average Bonchev–Trinajstić information content (AvgIpc) is 2.75. The molecule has 2 atom stereocenters. The lowest BCUT2D eigenvalue weighted by Gasteiger charge is -2.34. The van der Waals surface area contributed by atoms with E-state index < -0.39 is 10.0 Å². The molecule has 102 valence electrons. The van der Waals surface area contributed by atoms with Crippen LogP contribution < -0.4 is 0 Å². The fourth-order valence-corrected chi connectivity index (χ4v) is 4.85. The van der Waals surface area contributed by atoms with Crippen molar-refractivity contribution in [2.45, 2.75) is 30.3 Å². The maximum atomic E-state index is 12.4. The van der Waals surface area contributed by atoms with Gasteiger partial charge in [-0.05, 0) is 13.8 Å². The van der Waals surface area contributed by atoms with E-state index in [9.17, 15) is 8.42 Å². The van der Waals surface area contributed by atoms with E-state index in [0.717, 1.165) is 5.01 Å². The number of hydrogen-bond donors (Lipinski definition) is 0. The maximum absolute atomic E-state index is 12.4. The zero-order valence-corrected chi connectivity index (χ0v) is 12.6. The van der Waals surface area contributed by atoms with Gasteiger partial charge in [0.25, 0.3) is 10.0 Å². The molecule has 0 spiro atoms. The van der Waals surface area contributed by atoms with Crippen molar-refractivity contribution in [2.75, 3.05) is 19.0 Å². The Morgan fingerprint density at radius 2 is 2.33 bits per heavy atom. The van der Waals surface area contributed by atoms with Crippen LogP contribution in [0.2, 0.25) is 0 Å². The van der Waals surface area contributed by atoms with Crippen molar-refractivity contribution in [3.05, 3.63) is 11.2 Å². The predicted molar refractivity (Wildman–Crippen MR) is 70.7 cm³/mol. The minimum absolute atomic E-state index is 0.147. The predicted octanol–water partition coefficient (Wildman–Crippen LogP) is 1.47. The summed E-state index contributed by atoms with van der Waals surface area (Å²) in [4.78, 5) is 3.99. The number of aryl methyl sites for hydroxylation is 1. The fraction of sp³-hybridized carbons (Fsp3) is 0.700. The zero-order chi connectivity index (χ0) is 13.3. The Balaban J connectivity index is 2.24. The number of halogens is 1. The maximum Gasteiger partial charge on any atom is 0.254 e. The Morgan fingerprint density at radius 3 is 2.89 bits per heavy atom. The lowest BCUT2D eigenvalue weighted by atomic mass is 10.3. The van der Waals surface area contributed by atoms with Crippen LogP contribution >= 0.6 is 22.9 Å². The molecule has 18 heavy (non-hydrogen) atoms. The first kappa shape index (κ1) is 14.2. The molecule has 0 aromatic carbocycles. The van der Waals surface area contributed by atoms with Gasteiger partial charge in [0, 0.05) is 19.0 Å². The van der Waals surface area contributed by atoms with E-state index in [1.54, 1.807) is 6.92 Å². The summed E-state index contributed by atoms with van der Waals surface area (Å²) in [5, 5.41) is 0.740. The van der Waals surface area contributed by atoms with Crippen LogP contribution in [0.1, 0.15) is 11.9 Å². The number of thiazole rings is 1. The van der Waals surface area contributed by atoms with Gasteiger partial charge in [0.05, 0.1) is 23.4 Å². The molecular formula is C10H15ClN2O3S2. The second kappa shape index (κ2) is 5.42. The van der Waals surface area contributed by atoms with E-state index in [4.69, 9.17) is 16.3 Å². The second-order valence-electron chi connectivity index (χ2n) is 4.24. The molecule has 1 aromatic heterocycles. The number of aromatic nitrogens is 1. The summed E-state index contributed by atoms with van der Waals surface area (Å²) < 4.78 is 32.1. The van der Waals surface area contributed by atoms with E-state index in [0.29, 0.717) is 13.1 Å². The van der Waals surface area contributed by atoms with Gasteiger partial charge in [0.15, 0.2) is 4.21 Å². The summed E-state index contributed by atoms with van der Waals surface area (Å²) in [5.74, 6) is 0.290. The van der Waals surface area contributed by atoms with Crippen molar-refractivity contribution < 1.29 is 13.2 Å². The summed E-state index contributed by atoms with van der Waals surface area (Å²) in [6, 6.07) is 0. The van der Waals surface area contributed by atoms with Crippen molar-refractivity contribution in [3.63, 3.8) is 0 Å². The third-order valence-corrected chi connectivity index (χ3v) is 6.18. The monoisotopic (exact) mass is 310 g/mol. The van der Waals surface area contributed by atoms with Gasteiger partial charge in [-0.2, -0.15) is 4.31 Å². The normalized spacial score (nSPS) is 26.4. The highest BCUT2D eigenvalue weighted by Gasteiger charge is 2.34. The van der Waals surface area contributed by atoms with Crippen molar-refractivity contribution in [1.82, 2.24) is 9.29 Å². The van der Waals surface area contributed by atoms with Crippen LogP contribution in [0, 0.1) is 6.92 Å². The molecule has 0 saturated carbocycles. The van der Waals surface area contributed by atoms with E-state index >= 15 is 0 Å². The molecular weight excluding hydrogens is 296 g/mol. The molecule has 8 heteroatoms. The quantitative estimate of drug-likeness (QED) is 0.793. The number of rotatable bonds is 3. The smallest absolute Gasteiger partial charge is 0.254 e. The number of nitrogens with zero attached hydrogens (tertiary/aromatic N) is 2. The third-order valence-electron chi connectivity index (χ3n) is 2.66. The fourth-order valence-electron chi connectivity index (χ4n) is 1.87. The van der Waals surface area contributed by atoms with Gasteiger partial charge >= 0.3 is 0 Å². The van der Waals surface area contributed by atoms with Gasteiger partial charge in [-0.15, -0.1) is 22.9 Å². The first-order valence-electron chi connectivity index (χ1n) is 5.57. The average molecular weight is 311 g/mol. The molecule has 0 radical (unpaired) electrons. The summed E-state index contributed by atoms with van der Waals surface area (Å²) in [6.45, 7) is 4.28. The van der Waals surface area contributed by atoms with E-state index in [1.165, 1.54) is 21.8 Å². The number of morpholine rings is 1. The molecule has 0 bridgehead atoms. The molecule has 2 rings (SSSR count). The van der Waals surface area contributed by atoms with Crippen LogP contribution in [0.5, 0.6) is 0 Å². The Labute approximate surface area is 116 Å². The van der Waals surface area contributed by atoms with Gasteiger partial charge in [-0.25, -0.2) is 13.4 Å². The molecule has 2 heterocycles. The van der Waals surface area contributed by atoms with Crippen LogP contribution in [0.3, 0.4) is 0 Å². The SMILES string of the molecule is Cc1ncc(S(=O)(=O)N2CC(C)OC(CCl)C2)s1. The van der Waals surface area contributed by atoms with Crippen molar-refractivity contribution >= 4 is 33.0 Å². The number of alkyl halides is 1. The molecule has 1 aliphatic rings. The highest BCUT2D eigenvalue weighted by atomic mass is 35.5. The molecule has 0 aliphatic carbocycles. The lowest BCUT2D eigenvalue weighted by molar-refractivity contribution is -0.0422. The molecule has 0 amide bonds. The number of ether oxygens (including phenoxy) is 1. The van der Waals surface area contributed by atoms with Gasteiger partial charge < -0.3 is 4.74 Å². The largest absolute Gasteiger partial charge is 0.371 e. The molecule has 0 N–H and O–H groups in total. The van der Waals surface area contributed by atoms with E-state index in [1.807, 2.05) is 6.92 Å². The Morgan fingerprint density at radius 1 is 1.61 bits per heavy atom. The van der Waals surface area contributed by atoms with Crippen LogP contribution in [-0.2, 0) is 14.8 Å². The topological polar surface area (TPSA) is 59.5 Å². The van der Waals surface area contributed by atoms with E-state index in [-0.39, 0.29) is 22.3 Å². The highest BCUT2D eigenvalue weighted by Crippen LogP contribution is 2.25. The first-order valence-corrected chi connectivity index (χ1v) is 8.36. The molecule has 1 aromatic rings. The van der Waals surface area contributed by atoms with Crippen LogP contribution in [0.25, 0.3) is 0 Å². The molecule has 1 fully saturated rings. The number of sulfonamides is 1. The Bertz CT molecular complexity index is 517. The van der Waals surface area contributed by atoms with Gasteiger partial charge in [0.1, 0.15) is 0 Å². The summed E-state index contributed by atoms with van der Waals surface area (Å²) in [7, 11) is -3.47. The molecule has 1 saturated heterocycles. The standard InChI is InChI=1S/C10H15ClN2O3S2/c1-7-5-13(6-9(3-11)16-7)18(14,15)10-4-12-8(2)17-10/h4,7,9H,3,5-6H2,1-2H3. The third kappa shape index (κ3) is 2.85. The minimum Gasteiger partial charge on any atom is -0.371 e. The second-order valence-corrected chi connectivity index (χ2v) is 7.95. The Kier molecular flexibility index (Phi) is 4.28. The molecule has 1 aliphatic heterocycles. The molecule has 2 unspecified atom stereocenters. The van der Waals surface area contributed by atoms with Crippen molar-refractivity contribution in [3.8, 4) is 0 Å². The van der Waals surface area contributed by atoms with Crippen molar-refractivity contribution in [2.24, 2.45) is 0 Å². The first-order chi connectivity index (χ1) is 8.43. The number of hydrogen-bond acceptors (Lipinski definition) is 5.